The van der Waals surface area contributed by atoms with Gasteiger partial charge in [-0.15, -0.1) is 0 Å². The van der Waals surface area contributed by atoms with Crippen molar-refractivity contribution in [2.24, 2.45) is 0 Å². The Kier molecular flexibility index (Phi) is 4.16. The molecule has 1 saturated heterocycles. The van der Waals surface area contributed by atoms with Crippen molar-refractivity contribution < 1.29 is 0 Å². The first kappa shape index (κ1) is 12.8. The van der Waals surface area contributed by atoms with Crippen LogP contribution in [0.5, 0.6) is 0 Å². The molecule has 2 rings (SSSR count). The molecule has 0 bridgehead atoms. The Hall–Kier alpha value is -1.60. The minimum absolute atomic E-state index is 0.591. The van der Waals surface area contributed by atoms with Crippen molar-refractivity contribution in [1.82, 2.24) is 9.88 Å². The number of nitrogens with zero attached hydrogens (tertiary/aromatic N) is 4. The molecule has 0 radical (unpaired) electrons. The standard InChI is InChI=1S/C14H20N4/c1-3-17(4-2)13-7-9-18(11-13)14-12(10-15)6-5-8-16-14/h5-6,8,13H,3-4,7,9,11H2,1-2H3. The maximum atomic E-state index is 9.12. The van der Waals surface area contributed by atoms with Gasteiger partial charge in [0.1, 0.15) is 11.9 Å². The molecule has 2 heterocycles. The SMILES string of the molecule is CCN(CC)C1CCN(c2ncccc2C#N)C1. The molecule has 1 atom stereocenters. The van der Waals surface area contributed by atoms with E-state index in [9.17, 15) is 0 Å². The van der Waals surface area contributed by atoms with E-state index >= 15 is 0 Å². The van der Waals surface area contributed by atoms with Crippen LogP contribution < -0.4 is 4.90 Å². The fraction of sp³-hybridized carbons (Fsp3) is 0.571. The highest BCUT2D eigenvalue weighted by atomic mass is 15.3. The summed E-state index contributed by atoms with van der Waals surface area (Å²) in [7, 11) is 0. The van der Waals surface area contributed by atoms with Gasteiger partial charge in [-0.25, -0.2) is 4.98 Å². The van der Waals surface area contributed by atoms with Crippen LogP contribution in [-0.2, 0) is 0 Å². The second-order valence-electron chi connectivity index (χ2n) is 4.60. The van der Waals surface area contributed by atoms with Gasteiger partial charge in [-0.2, -0.15) is 5.26 Å². The van der Waals surface area contributed by atoms with Crippen LogP contribution in [0.25, 0.3) is 0 Å². The Bertz CT molecular complexity index is 434. The van der Waals surface area contributed by atoms with Gasteiger partial charge in [-0.3, -0.25) is 4.90 Å². The van der Waals surface area contributed by atoms with Crippen molar-refractivity contribution in [3.05, 3.63) is 23.9 Å². The molecule has 0 amide bonds. The van der Waals surface area contributed by atoms with Gasteiger partial charge in [-0.05, 0) is 31.6 Å². The van der Waals surface area contributed by atoms with Crippen LogP contribution in [0.3, 0.4) is 0 Å². The van der Waals surface area contributed by atoms with Crippen LogP contribution in [0, 0.1) is 11.3 Å². The van der Waals surface area contributed by atoms with E-state index in [4.69, 9.17) is 5.26 Å². The van der Waals surface area contributed by atoms with Crippen LogP contribution >= 0.6 is 0 Å². The monoisotopic (exact) mass is 244 g/mol. The summed E-state index contributed by atoms with van der Waals surface area (Å²) >= 11 is 0. The van der Waals surface area contributed by atoms with Gasteiger partial charge < -0.3 is 4.90 Å². The predicted molar refractivity (Wildman–Crippen MR) is 72.5 cm³/mol. The molecule has 0 N–H and O–H groups in total. The van der Waals surface area contributed by atoms with Gasteiger partial charge in [-0.1, -0.05) is 13.8 Å². The molecule has 96 valence electrons. The van der Waals surface area contributed by atoms with Gasteiger partial charge in [0, 0.05) is 25.3 Å². The van der Waals surface area contributed by atoms with Crippen molar-refractivity contribution in [1.29, 1.82) is 5.26 Å². The molecule has 1 aliphatic heterocycles. The summed E-state index contributed by atoms with van der Waals surface area (Å²) in [5.74, 6) is 0.842. The number of likely N-dealkylation sites (N-methyl/N-ethyl adjacent to an activating group) is 1. The summed E-state index contributed by atoms with van der Waals surface area (Å²) in [5, 5.41) is 9.12. The van der Waals surface area contributed by atoms with Crippen LogP contribution in [0.15, 0.2) is 18.3 Å². The Labute approximate surface area is 109 Å². The first-order chi connectivity index (χ1) is 8.80. The first-order valence-corrected chi connectivity index (χ1v) is 6.64. The highest BCUT2D eigenvalue weighted by Crippen LogP contribution is 2.23. The van der Waals surface area contributed by atoms with Crippen LogP contribution in [0.1, 0.15) is 25.8 Å². The maximum Gasteiger partial charge on any atom is 0.146 e. The first-order valence-electron chi connectivity index (χ1n) is 6.64. The van der Waals surface area contributed by atoms with Crippen LogP contribution in [-0.4, -0.2) is 42.1 Å². The zero-order valence-corrected chi connectivity index (χ0v) is 11.1. The summed E-state index contributed by atoms with van der Waals surface area (Å²) < 4.78 is 0. The molecule has 0 aliphatic carbocycles. The van der Waals surface area contributed by atoms with Gasteiger partial charge in [0.25, 0.3) is 0 Å². The number of hydrogen-bond donors (Lipinski definition) is 0. The quantitative estimate of drug-likeness (QED) is 0.811. The lowest BCUT2D eigenvalue weighted by molar-refractivity contribution is 0.232. The molecule has 0 aromatic carbocycles. The van der Waals surface area contributed by atoms with Gasteiger partial charge in [0.2, 0.25) is 0 Å². The number of rotatable bonds is 4. The van der Waals surface area contributed by atoms with Crippen molar-refractivity contribution in [2.45, 2.75) is 26.3 Å². The summed E-state index contributed by atoms with van der Waals surface area (Å²) in [6.45, 7) is 8.55. The third-order valence-corrected chi connectivity index (χ3v) is 3.70. The fourth-order valence-electron chi connectivity index (χ4n) is 2.71. The number of nitriles is 1. The average molecular weight is 244 g/mol. The molecule has 1 aliphatic rings. The molecule has 18 heavy (non-hydrogen) atoms. The second-order valence-corrected chi connectivity index (χ2v) is 4.60. The second kappa shape index (κ2) is 5.83. The fourth-order valence-corrected chi connectivity index (χ4v) is 2.71. The summed E-state index contributed by atoms with van der Waals surface area (Å²) in [6, 6.07) is 6.48. The van der Waals surface area contributed by atoms with Crippen LogP contribution in [0.4, 0.5) is 5.82 Å². The van der Waals surface area contributed by atoms with Crippen molar-refractivity contribution >= 4 is 5.82 Å². The van der Waals surface area contributed by atoms with E-state index in [1.165, 1.54) is 0 Å². The van der Waals surface area contributed by atoms with E-state index in [0.717, 1.165) is 38.4 Å². The van der Waals surface area contributed by atoms with Crippen molar-refractivity contribution in [3.8, 4) is 6.07 Å². The summed E-state index contributed by atoms with van der Waals surface area (Å²) in [4.78, 5) is 9.08. The molecular formula is C14H20N4. The predicted octanol–water partition coefficient (Wildman–Crippen LogP) is 1.87. The minimum Gasteiger partial charge on any atom is -0.354 e. The summed E-state index contributed by atoms with van der Waals surface area (Å²) in [6.07, 6.45) is 2.92. The number of hydrogen-bond acceptors (Lipinski definition) is 4. The molecule has 4 nitrogen and oxygen atoms in total. The van der Waals surface area contributed by atoms with E-state index in [-0.39, 0.29) is 0 Å². The third-order valence-electron chi connectivity index (χ3n) is 3.70. The third kappa shape index (κ3) is 2.46. The maximum absolute atomic E-state index is 9.12. The normalized spacial score (nSPS) is 19.2. The van der Waals surface area contributed by atoms with E-state index in [0.29, 0.717) is 11.6 Å². The minimum atomic E-state index is 0.591. The zero-order chi connectivity index (χ0) is 13.0. The lowest BCUT2D eigenvalue weighted by atomic mass is 10.2. The van der Waals surface area contributed by atoms with E-state index in [1.807, 2.05) is 12.1 Å². The zero-order valence-electron chi connectivity index (χ0n) is 11.1. The summed E-state index contributed by atoms with van der Waals surface area (Å²) in [5.41, 5.74) is 0.678. The van der Waals surface area contributed by atoms with Gasteiger partial charge in [0.05, 0.1) is 5.56 Å². The Morgan fingerprint density at radius 3 is 2.94 bits per heavy atom. The molecular weight excluding hydrogens is 224 g/mol. The van der Waals surface area contributed by atoms with Crippen molar-refractivity contribution in [2.75, 3.05) is 31.1 Å². The molecule has 0 spiro atoms. The topological polar surface area (TPSA) is 43.2 Å². The van der Waals surface area contributed by atoms with Crippen molar-refractivity contribution in [3.63, 3.8) is 0 Å². The van der Waals surface area contributed by atoms with Gasteiger partial charge in [0.15, 0.2) is 0 Å². The Morgan fingerprint density at radius 2 is 2.28 bits per heavy atom. The molecule has 1 aromatic rings. The molecule has 4 heteroatoms. The van der Waals surface area contributed by atoms with E-state index < -0.39 is 0 Å². The number of pyridine rings is 1. The van der Waals surface area contributed by atoms with E-state index in [1.54, 1.807) is 6.20 Å². The number of aromatic nitrogens is 1. The number of anilines is 1. The average Bonchev–Trinajstić information content (AvgIpc) is 2.89. The lowest BCUT2D eigenvalue weighted by Crippen LogP contribution is -2.37. The molecule has 1 fully saturated rings. The largest absolute Gasteiger partial charge is 0.354 e. The highest BCUT2D eigenvalue weighted by Gasteiger charge is 2.27. The molecule has 1 aromatic heterocycles. The van der Waals surface area contributed by atoms with E-state index in [2.05, 4.69) is 34.7 Å². The Morgan fingerprint density at radius 1 is 1.50 bits per heavy atom. The van der Waals surface area contributed by atoms with Crippen LogP contribution in [0.2, 0.25) is 0 Å². The lowest BCUT2D eigenvalue weighted by Gasteiger charge is -2.26. The highest BCUT2D eigenvalue weighted by molar-refractivity contribution is 5.54. The van der Waals surface area contributed by atoms with Gasteiger partial charge >= 0.3 is 0 Å². The molecule has 1 unspecified atom stereocenters. The molecule has 0 saturated carbocycles. The Balaban J connectivity index is 2.11. The smallest absolute Gasteiger partial charge is 0.146 e.